The van der Waals surface area contributed by atoms with Crippen LogP contribution in [0.15, 0.2) is 0 Å². The molecule has 0 saturated carbocycles. The number of hydrogen-bond acceptors (Lipinski definition) is 3. The first kappa shape index (κ1) is 17.5. The second kappa shape index (κ2) is 7.30. The lowest BCUT2D eigenvalue weighted by molar-refractivity contribution is -0.141. The van der Waals surface area contributed by atoms with E-state index in [1.54, 1.807) is 0 Å². The predicted molar refractivity (Wildman–Crippen MR) is 93.8 cm³/mol. The minimum Gasteiger partial charge on any atom is -0.338 e. The van der Waals surface area contributed by atoms with E-state index < -0.39 is 0 Å². The number of carbonyl (C=O) groups is 2. The molecule has 6 nitrogen and oxygen atoms in total. The molecule has 3 fully saturated rings. The molecule has 0 aromatic carbocycles. The summed E-state index contributed by atoms with van der Waals surface area (Å²) in [6, 6.07) is 0.471. The summed E-state index contributed by atoms with van der Waals surface area (Å²) in [5.41, 5.74) is 0.233. The molecule has 1 atom stereocenters. The number of nitrogens with zero attached hydrogens (tertiary/aromatic N) is 3. The number of nitrogens with one attached hydrogen (secondary N) is 1. The largest absolute Gasteiger partial charge is 0.338 e. The molecule has 3 rings (SSSR count). The maximum absolute atomic E-state index is 12.4. The lowest BCUT2D eigenvalue weighted by Gasteiger charge is -2.48. The Balaban J connectivity index is 1.57. The standard InChI is InChI=1S/C18H32N4O2/c1-3-9-19-17(24)21-11-7-18(8-12-21)6-4-16(23)22(14-18)15-5-10-20(2)13-15/h15H,3-14H2,1-2H3,(H,19,24). The Hall–Kier alpha value is -1.30. The summed E-state index contributed by atoms with van der Waals surface area (Å²) >= 11 is 0. The average Bonchev–Trinajstić information content (AvgIpc) is 3.02. The molecule has 0 radical (unpaired) electrons. The van der Waals surface area contributed by atoms with E-state index >= 15 is 0 Å². The molecule has 0 aromatic heterocycles. The highest BCUT2D eigenvalue weighted by molar-refractivity contribution is 5.78. The first-order chi connectivity index (χ1) is 11.5. The molecule has 1 N–H and O–H groups in total. The summed E-state index contributed by atoms with van der Waals surface area (Å²) < 4.78 is 0. The minimum absolute atomic E-state index is 0.0767. The van der Waals surface area contributed by atoms with Gasteiger partial charge in [-0.1, -0.05) is 6.92 Å². The molecule has 3 aliphatic rings. The number of hydrogen-bond donors (Lipinski definition) is 1. The van der Waals surface area contributed by atoms with Crippen molar-refractivity contribution in [3.63, 3.8) is 0 Å². The van der Waals surface area contributed by atoms with Gasteiger partial charge < -0.3 is 20.0 Å². The second-order valence-corrected chi connectivity index (χ2v) is 7.95. The number of likely N-dealkylation sites (N-methyl/N-ethyl adjacent to an activating group) is 1. The van der Waals surface area contributed by atoms with E-state index in [1.165, 1.54) is 0 Å². The minimum atomic E-state index is 0.0767. The zero-order valence-corrected chi connectivity index (χ0v) is 15.2. The highest BCUT2D eigenvalue weighted by atomic mass is 16.2. The molecule has 3 saturated heterocycles. The van der Waals surface area contributed by atoms with E-state index in [0.717, 1.165) is 71.4 Å². The highest BCUT2D eigenvalue weighted by Gasteiger charge is 2.44. The van der Waals surface area contributed by atoms with Gasteiger partial charge in [0.1, 0.15) is 0 Å². The van der Waals surface area contributed by atoms with E-state index in [1.807, 2.05) is 4.90 Å². The van der Waals surface area contributed by atoms with E-state index in [4.69, 9.17) is 0 Å². The van der Waals surface area contributed by atoms with E-state index in [0.29, 0.717) is 18.4 Å². The third kappa shape index (κ3) is 3.68. The van der Waals surface area contributed by atoms with Crippen molar-refractivity contribution in [2.45, 2.75) is 51.5 Å². The van der Waals surface area contributed by atoms with Crippen molar-refractivity contribution >= 4 is 11.9 Å². The smallest absolute Gasteiger partial charge is 0.317 e. The Bertz CT molecular complexity index is 474. The normalized spacial score (nSPS) is 27.8. The fraction of sp³-hybridized carbons (Fsp3) is 0.889. The van der Waals surface area contributed by atoms with Crippen LogP contribution in [0.4, 0.5) is 4.79 Å². The quantitative estimate of drug-likeness (QED) is 0.850. The average molecular weight is 336 g/mol. The number of rotatable bonds is 3. The highest BCUT2D eigenvalue weighted by Crippen LogP contribution is 2.41. The second-order valence-electron chi connectivity index (χ2n) is 7.95. The summed E-state index contributed by atoms with van der Waals surface area (Å²) in [7, 11) is 2.14. The summed E-state index contributed by atoms with van der Waals surface area (Å²) in [5.74, 6) is 0.337. The van der Waals surface area contributed by atoms with Crippen molar-refractivity contribution < 1.29 is 9.59 Å². The van der Waals surface area contributed by atoms with Gasteiger partial charge in [-0.2, -0.15) is 0 Å². The number of amides is 3. The number of piperidine rings is 2. The van der Waals surface area contributed by atoms with Crippen LogP contribution in [0.5, 0.6) is 0 Å². The molecule has 1 spiro atoms. The van der Waals surface area contributed by atoms with Gasteiger partial charge in [0.25, 0.3) is 0 Å². The maximum Gasteiger partial charge on any atom is 0.317 e. The Kier molecular flexibility index (Phi) is 5.33. The number of urea groups is 1. The molecule has 3 aliphatic heterocycles. The van der Waals surface area contributed by atoms with Crippen LogP contribution in [0.3, 0.4) is 0 Å². The van der Waals surface area contributed by atoms with Crippen molar-refractivity contribution in [2.24, 2.45) is 5.41 Å². The lowest BCUT2D eigenvalue weighted by atomic mass is 9.72. The van der Waals surface area contributed by atoms with Gasteiger partial charge >= 0.3 is 6.03 Å². The zero-order chi connectivity index (χ0) is 17.2. The van der Waals surface area contributed by atoms with Crippen LogP contribution in [-0.4, -0.2) is 79.0 Å². The molecule has 6 heteroatoms. The van der Waals surface area contributed by atoms with Crippen LogP contribution in [0.1, 0.15) is 45.4 Å². The van der Waals surface area contributed by atoms with Gasteiger partial charge in [-0.25, -0.2) is 4.79 Å². The molecule has 1 unspecified atom stereocenters. The third-order valence-electron chi connectivity index (χ3n) is 6.14. The van der Waals surface area contributed by atoms with Crippen molar-refractivity contribution in [1.29, 1.82) is 0 Å². The van der Waals surface area contributed by atoms with Gasteiger partial charge in [-0.05, 0) is 51.1 Å². The van der Waals surface area contributed by atoms with Crippen molar-refractivity contribution in [3.05, 3.63) is 0 Å². The van der Waals surface area contributed by atoms with Gasteiger partial charge in [-0.15, -0.1) is 0 Å². The fourth-order valence-electron chi connectivity index (χ4n) is 4.48. The molecule has 0 bridgehead atoms. The van der Waals surface area contributed by atoms with E-state index in [9.17, 15) is 9.59 Å². The maximum atomic E-state index is 12.4. The Morgan fingerprint density at radius 1 is 1.25 bits per heavy atom. The van der Waals surface area contributed by atoms with Crippen molar-refractivity contribution in [1.82, 2.24) is 20.0 Å². The van der Waals surface area contributed by atoms with Crippen LogP contribution < -0.4 is 5.32 Å². The molecule has 3 amide bonds. The third-order valence-corrected chi connectivity index (χ3v) is 6.14. The van der Waals surface area contributed by atoms with Gasteiger partial charge in [0.15, 0.2) is 0 Å². The van der Waals surface area contributed by atoms with Crippen LogP contribution in [0, 0.1) is 5.41 Å². The van der Waals surface area contributed by atoms with E-state index in [2.05, 4.69) is 29.1 Å². The first-order valence-corrected chi connectivity index (χ1v) is 9.54. The zero-order valence-electron chi connectivity index (χ0n) is 15.2. The Morgan fingerprint density at radius 2 is 2.00 bits per heavy atom. The van der Waals surface area contributed by atoms with Gasteiger partial charge in [0.2, 0.25) is 5.91 Å². The summed E-state index contributed by atoms with van der Waals surface area (Å²) in [5, 5.41) is 2.98. The molecular formula is C18H32N4O2. The molecule has 3 heterocycles. The summed E-state index contributed by atoms with van der Waals surface area (Å²) in [6.07, 6.45) is 5.80. The monoisotopic (exact) mass is 336 g/mol. The van der Waals surface area contributed by atoms with Crippen LogP contribution >= 0.6 is 0 Å². The predicted octanol–water partition coefficient (Wildman–Crippen LogP) is 1.51. The molecule has 136 valence electrons. The Labute approximate surface area is 145 Å². The number of likely N-dealkylation sites (tertiary alicyclic amines) is 3. The van der Waals surface area contributed by atoms with Crippen LogP contribution in [0.2, 0.25) is 0 Å². The van der Waals surface area contributed by atoms with Crippen LogP contribution in [-0.2, 0) is 4.79 Å². The summed E-state index contributed by atoms with van der Waals surface area (Å²) in [4.78, 5) is 31.0. The van der Waals surface area contributed by atoms with Gasteiger partial charge in [-0.3, -0.25) is 4.79 Å². The lowest BCUT2D eigenvalue weighted by Crippen LogP contribution is -2.56. The first-order valence-electron chi connectivity index (χ1n) is 9.54. The topological polar surface area (TPSA) is 55.9 Å². The van der Waals surface area contributed by atoms with E-state index in [-0.39, 0.29) is 11.4 Å². The number of carbonyl (C=O) groups excluding carboxylic acids is 2. The summed E-state index contributed by atoms with van der Waals surface area (Å²) in [6.45, 7) is 7.46. The SMILES string of the molecule is CCCNC(=O)N1CCC2(CCC(=O)N(C3CCN(C)C3)C2)CC1. The van der Waals surface area contributed by atoms with Gasteiger partial charge in [0.05, 0.1) is 0 Å². The molecule has 24 heavy (non-hydrogen) atoms. The van der Waals surface area contributed by atoms with Gasteiger partial charge in [0, 0.05) is 45.2 Å². The van der Waals surface area contributed by atoms with Crippen molar-refractivity contribution in [2.75, 3.05) is 46.3 Å². The molecular weight excluding hydrogens is 304 g/mol. The van der Waals surface area contributed by atoms with Crippen LogP contribution in [0.25, 0.3) is 0 Å². The Morgan fingerprint density at radius 3 is 2.62 bits per heavy atom. The fourth-order valence-corrected chi connectivity index (χ4v) is 4.48. The molecule has 0 aliphatic carbocycles. The van der Waals surface area contributed by atoms with Crippen molar-refractivity contribution in [3.8, 4) is 0 Å². The molecule has 0 aromatic rings.